The van der Waals surface area contributed by atoms with Crippen LogP contribution in [0.2, 0.25) is 0 Å². The summed E-state index contributed by atoms with van der Waals surface area (Å²) in [5.41, 5.74) is 4.61. The Morgan fingerprint density at radius 2 is 1.63 bits per heavy atom. The Bertz CT molecular complexity index is 949. The fourth-order valence-electron chi connectivity index (χ4n) is 3.65. The second kappa shape index (κ2) is 7.29. The zero-order chi connectivity index (χ0) is 19.0. The number of hydrogen-bond acceptors (Lipinski definition) is 3. The molecule has 0 aliphatic carbocycles. The van der Waals surface area contributed by atoms with E-state index in [0.29, 0.717) is 6.67 Å². The summed E-state index contributed by atoms with van der Waals surface area (Å²) in [6.45, 7) is 8.03. The highest BCUT2D eigenvalue weighted by atomic mass is 32.1. The molecule has 0 saturated carbocycles. The van der Waals surface area contributed by atoms with Gasteiger partial charge >= 0.3 is 0 Å². The molecular weight excluding hydrogens is 352 g/mol. The average Bonchev–Trinajstić information content (AvgIpc) is 3.01. The second-order valence-corrected chi connectivity index (χ2v) is 8.34. The average molecular weight is 377 g/mol. The number of thiophene rings is 1. The maximum absolute atomic E-state index is 13.3. The van der Waals surface area contributed by atoms with Crippen molar-refractivity contribution in [2.24, 2.45) is 0 Å². The Kier molecular flexibility index (Phi) is 4.85. The van der Waals surface area contributed by atoms with Crippen molar-refractivity contribution in [2.75, 3.05) is 11.6 Å². The first-order valence-electron chi connectivity index (χ1n) is 9.31. The van der Waals surface area contributed by atoms with E-state index in [9.17, 15) is 4.79 Å². The molecule has 1 unspecified atom stereocenters. The fraction of sp³-hybridized carbons (Fsp3) is 0.261. The first-order chi connectivity index (χ1) is 13.1. The summed E-state index contributed by atoms with van der Waals surface area (Å²) in [7, 11) is 0. The Balaban J connectivity index is 1.72. The highest BCUT2D eigenvalue weighted by Crippen LogP contribution is 2.41. The lowest BCUT2D eigenvalue weighted by atomic mass is 10.0. The second-order valence-electron chi connectivity index (χ2n) is 7.14. The van der Waals surface area contributed by atoms with Crippen LogP contribution in [0.5, 0.6) is 0 Å². The number of anilines is 1. The van der Waals surface area contributed by atoms with E-state index in [1.807, 2.05) is 41.3 Å². The van der Waals surface area contributed by atoms with E-state index < -0.39 is 0 Å². The summed E-state index contributed by atoms with van der Waals surface area (Å²) in [5.74, 6) is 0.0723. The van der Waals surface area contributed by atoms with Gasteiger partial charge in [-0.1, -0.05) is 48.5 Å². The summed E-state index contributed by atoms with van der Waals surface area (Å²) >= 11 is 1.74. The van der Waals surface area contributed by atoms with E-state index >= 15 is 0 Å². The number of fused-ring (bicyclic) bond motifs is 1. The third-order valence-electron chi connectivity index (χ3n) is 5.51. The number of nitrogens with zero attached hydrogens (tertiary/aromatic N) is 2. The van der Waals surface area contributed by atoms with Crippen LogP contribution in [0.4, 0.5) is 5.00 Å². The molecule has 4 heteroatoms. The van der Waals surface area contributed by atoms with Gasteiger partial charge in [0.15, 0.2) is 0 Å². The highest BCUT2D eigenvalue weighted by Gasteiger charge is 2.33. The fourth-order valence-corrected chi connectivity index (χ4v) is 4.81. The minimum atomic E-state index is 0.0723. The topological polar surface area (TPSA) is 23.6 Å². The molecule has 0 fully saturated rings. The summed E-state index contributed by atoms with van der Waals surface area (Å²) in [6, 6.07) is 20.4. The van der Waals surface area contributed by atoms with E-state index in [1.165, 1.54) is 21.6 Å². The number of hydrogen-bond donors (Lipinski definition) is 0. The van der Waals surface area contributed by atoms with Gasteiger partial charge in [-0.2, -0.15) is 0 Å². The van der Waals surface area contributed by atoms with Crippen molar-refractivity contribution < 1.29 is 4.79 Å². The van der Waals surface area contributed by atoms with Crippen LogP contribution in [-0.2, 0) is 6.54 Å². The number of aryl methyl sites for hydroxylation is 1. The van der Waals surface area contributed by atoms with Gasteiger partial charge in [0.1, 0.15) is 5.00 Å². The van der Waals surface area contributed by atoms with Crippen molar-refractivity contribution in [3.05, 3.63) is 87.8 Å². The molecule has 1 atom stereocenters. The summed E-state index contributed by atoms with van der Waals surface area (Å²) < 4.78 is 0. The van der Waals surface area contributed by atoms with Crippen LogP contribution in [-0.4, -0.2) is 17.5 Å². The van der Waals surface area contributed by atoms with Crippen LogP contribution >= 0.6 is 11.3 Å². The van der Waals surface area contributed by atoms with Gasteiger partial charge in [0, 0.05) is 28.6 Å². The number of benzene rings is 2. The van der Waals surface area contributed by atoms with Crippen molar-refractivity contribution in [1.29, 1.82) is 0 Å². The van der Waals surface area contributed by atoms with Crippen LogP contribution < -0.4 is 4.90 Å². The van der Waals surface area contributed by atoms with Crippen molar-refractivity contribution >= 4 is 22.2 Å². The molecule has 138 valence electrons. The van der Waals surface area contributed by atoms with E-state index in [1.54, 1.807) is 11.3 Å². The SMILES string of the molecule is Cc1sc2c(c1C)CN(C(C)c1ccccc1)CN2C(=O)c1ccccc1. The predicted molar refractivity (Wildman–Crippen MR) is 112 cm³/mol. The van der Waals surface area contributed by atoms with Gasteiger partial charge in [-0.05, 0) is 44.0 Å². The molecule has 0 bridgehead atoms. The molecule has 27 heavy (non-hydrogen) atoms. The molecule has 0 radical (unpaired) electrons. The van der Waals surface area contributed by atoms with Crippen molar-refractivity contribution in [3.63, 3.8) is 0 Å². The van der Waals surface area contributed by atoms with Crippen LogP contribution in [0, 0.1) is 13.8 Å². The lowest BCUT2D eigenvalue weighted by Gasteiger charge is -2.39. The number of rotatable bonds is 3. The van der Waals surface area contributed by atoms with Gasteiger partial charge in [0.2, 0.25) is 0 Å². The van der Waals surface area contributed by atoms with Crippen LogP contribution in [0.1, 0.15) is 44.9 Å². The maximum atomic E-state index is 13.3. The van der Waals surface area contributed by atoms with Crippen molar-refractivity contribution in [1.82, 2.24) is 4.90 Å². The summed E-state index contributed by atoms with van der Waals surface area (Å²) in [6.07, 6.45) is 0. The summed E-state index contributed by atoms with van der Waals surface area (Å²) in [4.78, 5) is 18.9. The molecule has 1 amide bonds. The first-order valence-corrected chi connectivity index (χ1v) is 10.1. The molecule has 2 aromatic carbocycles. The predicted octanol–water partition coefficient (Wildman–Crippen LogP) is 5.55. The zero-order valence-corrected chi connectivity index (χ0v) is 16.8. The molecule has 0 saturated heterocycles. The quantitative estimate of drug-likeness (QED) is 0.599. The Labute approximate surface area is 164 Å². The molecule has 4 rings (SSSR count). The maximum Gasteiger partial charge on any atom is 0.260 e. The normalized spacial score (nSPS) is 15.4. The Morgan fingerprint density at radius 1 is 1.00 bits per heavy atom. The monoisotopic (exact) mass is 376 g/mol. The van der Waals surface area contributed by atoms with Gasteiger partial charge < -0.3 is 0 Å². The molecule has 2 heterocycles. The number of carbonyl (C=O) groups excluding carboxylic acids is 1. The van der Waals surface area contributed by atoms with Gasteiger partial charge in [0.05, 0.1) is 6.67 Å². The number of amides is 1. The molecule has 3 nitrogen and oxygen atoms in total. The van der Waals surface area contributed by atoms with Gasteiger partial charge in [-0.15, -0.1) is 11.3 Å². The van der Waals surface area contributed by atoms with Gasteiger partial charge in [-0.3, -0.25) is 14.6 Å². The minimum absolute atomic E-state index is 0.0723. The molecule has 1 aromatic heterocycles. The number of carbonyl (C=O) groups is 1. The van der Waals surface area contributed by atoms with Crippen LogP contribution in [0.3, 0.4) is 0 Å². The van der Waals surface area contributed by atoms with Gasteiger partial charge in [0.25, 0.3) is 5.91 Å². The molecule has 1 aliphatic heterocycles. The smallest absolute Gasteiger partial charge is 0.260 e. The molecule has 1 aliphatic rings. The van der Waals surface area contributed by atoms with Crippen molar-refractivity contribution in [3.8, 4) is 0 Å². The largest absolute Gasteiger partial charge is 0.286 e. The zero-order valence-electron chi connectivity index (χ0n) is 16.0. The molecular formula is C23H24N2OS. The van der Waals surface area contributed by atoms with Crippen LogP contribution in [0.15, 0.2) is 60.7 Å². The molecule has 3 aromatic rings. The molecule has 0 spiro atoms. The minimum Gasteiger partial charge on any atom is -0.286 e. The Morgan fingerprint density at radius 3 is 2.30 bits per heavy atom. The van der Waals surface area contributed by atoms with Crippen LogP contribution in [0.25, 0.3) is 0 Å². The third kappa shape index (κ3) is 3.31. The van der Waals surface area contributed by atoms with E-state index in [0.717, 1.165) is 17.1 Å². The van der Waals surface area contributed by atoms with E-state index in [-0.39, 0.29) is 11.9 Å². The Hall–Kier alpha value is -2.43. The standard InChI is InChI=1S/C23H24N2OS/c1-16-18(3)27-23-21(16)14-24(17(2)19-10-6-4-7-11-19)15-25(23)22(26)20-12-8-5-9-13-20/h4-13,17H,14-15H2,1-3H3. The van der Waals surface area contributed by atoms with Gasteiger partial charge in [-0.25, -0.2) is 0 Å². The summed E-state index contributed by atoms with van der Waals surface area (Å²) in [5, 5.41) is 1.11. The third-order valence-corrected chi connectivity index (χ3v) is 6.79. The van der Waals surface area contributed by atoms with E-state index in [4.69, 9.17) is 0 Å². The highest BCUT2D eigenvalue weighted by molar-refractivity contribution is 7.16. The van der Waals surface area contributed by atoms with Crippen molar-refractivity contribution in [2.45, 2.75) is 33.4 Å². The first kappa shape index (κ1) is 18.0. The van der Waals surface area contributed by atoms with E-state index in [2.05, 4.69) is 49.9 Å². The lowest BCUT2D eigenvalue weighted by molar-refractivity contribution is 0.0943. The lowest BCUT2D eigenvalue weighted by Crippen LogP contribution is -2.45. The molecule has 0 N–H and O–H groups in total.